The van der Waals surface area contributed by atoms with Gasteiger partial charge in [-0.3, -0.25) is 4.79 Å². The standard InChI is InChI=1S/C12H18N2O3/c1-8(10(15)9-6-5-7-13-9)14-11(16)17-12(2,3)4/h5-8,13H,1-4H3,(H,14,16)/t8-/m1/s1. The first-order valence-corrected chi connectivity index (χ1v) is 5.47. The number of nitrogens with one attached hydrogen (secondary N) is 2. The molecular weight excluding hydrogens is 220 g/mol. The summed E-state index contributed by atoms with van der Waals surface area (Å²) in [5.41, 5.74) is -0.104. The predicted molar refractivity (Wildman–Crippen MR) is 64.0 cm³/mol. The fourth-order valence-corrected chi connectivity index (χ4v) is 1.27. The molecule has 17 heavy (non-hydrogen) atoms. The van der Waals surface area contributed by atoms with E-state index in [-0.39, 0.29) is 5.78 Å². The van der Waals surface area contributed by atoms with Crippen LogP contribution < -0.4 is 5.32 Å². The van der Waals surface area contributed by atoms with Crippen molar-refractivity contribution in [2.75, 3.05) is 0 Å². The second-order valence-electron chi connectivity index (χ2n) is 4.82. The van der Waals surface area contributed by atoms with Gasteiger partial charge in [0, 0.05) is 6.20 Å². The Bertz CT molecular complexity index is 390. The Labute approximate surface area is 101 Å². The quantitative estimate of drug-likeness (QED) is 0.792. The van der Waals surface area contributed by atoms with Gasteiger partial charge in [-0.1, -0.05) is 0 Å². The minimum Gasteiger partial charge on any atom is -0.444 e. The van der Waals surface area contributed by atoms with Crippen LogP contribution in [0.4, 0.5) is 4.79 Å². The van der Waals surface area contributed by atoms with Gasteiger partial charge in [-0.15, -0.1) is 0 Å². The van der Waals surface area contributed by atoms with Crippen LogP contribution in [0.2, 0.25) is 0 Å². The first-order chi connectivity index (χ1) is 7.79. The summed E-state index contributed by atoms with van der Waals surface area (Å²) in [7, 11) is 0. The summed E-state index contributed by atoms with van der Waals surface area (Å²) in [6.07, 6.45) is 1.07. The summed E-state index contributed by atoms with van der Waals surface area (Å²) in [6, 6.07) is 2.77. The molecule has 0 aliphatic heterocycles. The van der Waals surface area contributed by atoms with E-state index in [1.807, 2.05) is 0 Å². The number of rotatable bonds is 3. The third-order valence-corrected chi connectivity index (χ3v) is 1.99. The molecule has 1 aromatic rings. The highest BCUT2D eigenvalue weighted by Crippen LogP contribution is 2.07. The maximum atomic E-state index is 11.8. The average Bonchev–Trinajstić information content (AvgIpc) is 2.65. The Balaban J connectivity index is 2.52. The number of carbonyl (C=O) groups excluding carboxylic acids is 2. The lowest BCUT2D eigenvalue weighted by Gasteiger charge is -2.21. The van der Waals surface area contributed by atoms with E-state index >= 15 is 0 Å². The van der Waals surface area contributed by atoms with Crippen molar-refractivity contribution in [3.63, 3.8) is 0 Å². The highest BCUT2D eigenvalue weighted by atomic mass is 16.6. The van der Waals surface area contributed by atoms with Gasteiger partial charge in [0.15, 0.2) is 0 Å². The second-order valence-corrected chi connectivity index (χ2v) is 4.82. The number of ketones is 1. The third-order valence-electron chi connectivity index (χ3n) is 1.99. The van der Waals surface area contributed by atoms with Gasteiger partial charge >= 0.3 is 6.09 Å². The van der Waals surface area contributed by atoms with Gasteiger partial charge in [0.2, 0.25) is 5.78 Å². The summed E-state index contributed by atoms with van der Waals surface area (Å²) < 4.78 is 5.06. The zero-order chi connectivity index (χ0) is 13.1. The monoisotopic (exact) mass is 238 g/mol. The number of H-pyrrole nitrogens is 1. The molecule has 0 bridgehead atoms. The molecule has 0 radical (unpaired) electrons. The first kappa shape index (κ1) is 13.3. The summed E-state index contributed by atoms with van der Waals surface area (Å²) in [6.45, 7) is 6.92. The van der Waals surface area contributed by atoms with Gasteiger partial charge in [-0.05, 0) is 39.8 Å². The van der Waals surface area contributed by atoms with E-state index in [1.54, 1.807) is 46.0 Å². The molecule has 1 atom stereocenters. The van der Waals surface area contributed by atoms with Crippen LogP contribution in [-0.4, -0.2) is 28.5 Å². The molecule has 2 N–H and O–H groups in total. The van der Waals surface area contributed by atoms with Crippen LogP contribution in [-0.2, 0) is 4.74 Å². The number of carbonyl (C=O) groups is 2. The van der Waals surface area contributed by atoms with Gasteiger partial charge in [0.1, 0.15) is 5.60 Å². The normalized spacial score (nSPS) is 12.9. The van der Waals surface area contributed by atoms with Crippen molar-refractivity contribution in [2.24, 2.45) is 0 Å². The minimum atomic E-state index is -0.622. The van der Waals surface area contributed by atoms with Crippen molar-refractivity contribution < 1.29 is 14.3 Å². The van der Waals surface area contributed by atoms with E-state index < -0.39 is 17.7 Å². The van der Waals surface area contributed by atoms with E-state index in [9.17, 15) is 9.59 Å². The minimum absolute atomic E-state index is 0.180. The Morgan fingerprint density at radius 3 is 2.53 bits per heavy atom. The number of amides is 1. The molecule has 0 aliphatic carbocycles. The molecule has 0 saturated heterocycles. The van der Waals surface area contributed by atoms with E-state index in [4.69, 9.17) is 4.74 Å². The third kappa shape index (κ3) is 4.30. The van der Waals surface area contributed by atoms with Crippen molar-refractivity contribution in [3.05, 3.63) is 24.0 Å². The Morgan fingerprint density at radius 1 is 1.41 bits per heavy atom. The molecule has 0 spiro atoms. The summed E-state index contributed by atoms with van der Waals surface area (Å²) in [4.78, 5) is 26.1. The number of hydrogen-bond acceptors (Lipinski definition) is 3. The highest BCUT2D eigenvalue weighted by molar-refractivity contribution is 5.99. The van der Waals surface area contributed by atoms with Crippen molar-refractivity contribution in [1.29, 1.82) is 0 Å². The van der Waals surface area contributed by atoms with Crippen molar-refractivity contribution in [3.8, 4) is 0 Å². The van der Waals surface area contributed by atoms with Crippen molar-refractivity contribution in [2.45, 2.75) is 39.3 Å². The van der Waals surface area contributed by atoms with Crippen LogP contribution in [0.1, 0.15) is 38.2 Å². The molecule has 1 heterocycles. The number of Topliss-reactive ketones (excluding diaryl/α,β-unsaturated/α-hetero) is 1. The van der Waals surface area contributed by atoms with Gasteiger partial charge < -0.3 is 15.0 Å². The molecule has 0 saturated carbocycles. The first-order valence-electron chi connectivity index (χ1n) is 5.47. The molecular formula is C12H18N2O3. The molecule has 0 aliphatic rings. The highest BCUT2D eigenvalue weighted by Gasteiger charge is 2.21. The fraction of sp³-hybridized carbons (Fsp3) is 0.500. The zero-order valence-corrected chi connectivity index (χ0v) is 10.5. The fourth-order valence-electron chi connectivity index (χ4n) is 1.27. The summed E-state index contributed by atoms with van der Waals surface area (Å²) in [5.74, 6) is -0.180. The SMILES string of the molecule is C[C@@H](NC(=O)OC(C)(C)C)C(=O)c1ccc[nH]1. The smallest absolute Gasteiger partial charge is 0.408 e. The average molecular weight is 238 g/mol. The lowest BCUT2D eigenvalue weighted by Crippen LogP contribution is -2.41. The topological polar surface area (TPSA) is 71.2 Å². The van der Waals surface area contributed by atoms with E-state index in [1.165, 1.54) is 0 Å². The second kappa shape index (κ2) is 5.03. The zero-order valence-electron chi connectivity index (χ0n) is 10.5. The number of alkyl carbamates (subject to hydrolysis) is 1. The largest absolute Gasteiger partial charge is 0.444 e. The van der Waals surface area contributed by atoms with Crippen LogP contribution >= 0.6 is 0 Å². The van der Waals surface area contributed by atoms with Gasteiger partial charge in [-0.25, -0.2) is 4.79 Å². The number of ether oxygens (including phenoxy) is 1. The molecule has 0 aromatic carbocycles. The lowest BCUT2D eigenvalue weighted by atomic mass is 10.1. The van der Waals surface area contributed by atoms with Gasteiger partial charge in [0.05, 0.1) is 11.7 Å². The van der Waals surface area contributed by atoms with Crippen molar-refractivity contribution >= 4 is 11.9 Å². The summed E-state index contributed by atoms with van der Waals surface area (Å²) in [5, 5.41) is 2.49. The van der Waals surface area contributed by atoms with Gasteiger partial charge in [0.25, 0.3) is 0 Å². The molecule has 0 fully saturated rings. The van der Waals surface area contributed by atoms with E-state index in [2.05, 4.69) is 10.3 Å². The van der Waals surface area contributed by atoms with Crippen LogP contribution in [0.25, 0.3) is 0 Å². The Morgan fingerprint density at radius 2 is 2.06 bits per heavy atom. The molecule has 5 nitrogen and oxygen atoms in total. The maximum Gasteiger partial charge on any atom is 0.408 e. The Kier molecular flexibility index (Phi) is 3.93. The molecule has 94 valence electrons. The molecule has 1 aromatic heterocycles. The molecule has 1 rings (SSSR count). The van der Waals surface area contributed by atoms with E-state index in [0.717, 1.165) is 0 Å². The van der Waals surface area contributed by atoms with Gasteiger partial charge in [-0.2, -0.15) is 0 Å². The van der Waals surface area contributed by atoms with Crippen LogP contribution in [0, 0.1) is 0 Å². The number of hydrogen-bond donors (Lipinski definition) is 2. The van der Waals surface area contributed by atoms with Crippen LogP contribution in [0.5, 0.6) is 0 Å². The predicted octanol–water partition coefficient (Wildman–Crippen LogP) is 2.11. The van der Waals surface area contributed by atoms with Crippen molar-refractivity contribution in [1.82, 2.24) is 10.3 Å². The van der Waals surface area contributed by atoms with Crippen LogP contribution in [0.15, 0.2) is 18.3 Å². The molecule has 5 heteroatoms. The number of aromatic nitrogens is 1. The number of aromatic amines is 1. The molecule has 0 unspecified atom stereocenters. The van der Waals surface area contributed by atoms with E-state index in [0.29, 0.717) is 5.69 Å². The van der Waals surface area contributed by atoms with Crippen LogP contribution in [0.3, 0.4) is 0 Å². The lowest BCUT2D eigenvalue weighted by molar-refractivity contribution is 0.0496. The maximum absolute atomic E-state index is 11.8. The molecule has 1 amide bonds. The Hall–Kier alpha value is -1.78. The summed E-state index contributed by atoms with van der Waals surface area (Å²) >= 11 is 0.